The number of nitrogens with one attached hydrogen (secondary N) is 1. The summed E-state index contributed by atoms with van der Waals surface area (Å²) in [5.41, 5.74) is 5.75. The summed E-state index contributed by atoms with van der Waals surface area (Å²) in [7, 11) is 0. The summed E-state index contributed by atoms with van der Waals surface area (Å²) >= 11 is 0. The van der Waals surface area contributed by atoms with Crippen molar-refractivity contribution < 1.29 is 4.79 Å². The molecule has 0 bridgehead atoms. The first kappa shape index (κ1) is 18.3. The van der Waals surface area contributed by atoms with Gasteiger partial charge in [0, 0.05) is 5.56 Å². The van der Waals surface area contributed by atoms with Gasteiger partial charge in [-0.3, -0.25) is 4.79 Å². The van der Waals surface area contributed by atoms with Crippen LogP contribution in [-0.2, 0) is 5.41 Å². The van der Waals surface area contributed by atoms with Crippen molar-refractivity contribution in [1.82, 2.24) is 5.32 Å². The summed E-state index contributed by atoms with van der Waals surface area (Å²) in [6.45, 7) is 12.8. The van der Waals surface area contributed by atoms with Gasteiger partial charge in [0.15, 0.2) is 0 Å². The van der Waals surface area contributed by atoms with Gasteiger partial charge in [0.2, 0.25) is 0 Å². The molecule has 1 atom stereocenters. The van der Waals surface area contributed by atoms with Gasteiger partial charge < -0.3 is 5.32 Å². The third kappa shape index (κ3) is 4.25. The molecule has 24 heavy (non-hydrogen) atoms. The fraction of sp³-hybridized carbons (Fsp3) is 0.409. The van der Waals surface area contributed by atoms with E-state index in [4.69, 9.17) is 0 Å². The maximum Gasteiger partial charge on any atom is 0.251 e. The molecular formula is C22H29NO. The Labute approximate surface area is 146 Å². The molecule has 2 rings (SSSR count). The molecule has 0 saturated heterocycles. The lowest BCUT2D eigenvalue weighted by Crippen LogP contribution is -2.28. The van der Waals surface area contributed by atoms with Crippen molar-refractivity contribution in [3.8, 4) is 0 Å². The summed E-state index contributed by atoms with van der Waals surface area (Å²) < 4.78 is 0. The number of rotatable bonds is 4. The molecule has 0 radical (unpaired) electrons. The van der Waals surface area contributed by atoms with Crippen LogP contribution in [0.25, 0.3) is 0 Å². The predicted octanol–water partition coefficient (Wildman–Crippen LogP) is 5.48. The maximum absolute atomic E-state index is 12.6. The molecule has 128 valence electrons. The smallest absolute Gasteiger partial charge is 0.251 e. The highest BCUT2D eigenvalue weighted by molar-refractivity contribution is 5.94. The van der Waals surface area contributed by atoms with Crippen molar-refractivity contribution in [3.63, 3.8) is 0 Å². The Morgan fingerprint density at radius 1 is 1.00 bits per heavy atom. The third-order valence-corrected chi connectivity index (χ3v) is 4.66. The minimum absolute atomic E-state index is 0.0134. The lowest BCUT2D eigenvalue weighted by Gasteiger charge is -2.20. The number of amides is 1. The largest absolute Gasteiger partial charge is 0.345 e. The molecule has 0 fully saturated rings. The van der Waals surface area contributed by atoms with Crippen LogP contribution in [0.15, 0.2) is 42.5 Å². The van der Waals surface area contributed by atoms with E-state index in [1.165, 1.54) is 22.3 Å². The second-order valence-corrected chi connectivity index (χ2v) is 7.61. The van der Waals surface area contributed by atoms with Crippen LogP contribution in [-0.4, -0.2) is 5.91 Å². The Bertz CT molecular complexity index is 708. The topological polar surface area (TPSA) is 29.1 Å². The van der Waals surface area contributed by atoms with Gasteiger partial charge in [-0.05, 0) is 60.1 Å². The number of benzene rings is 2. The molecule has 2 heteroatoms. The lowest BCUT2D eigenvalue weighted by molar-refractivity contribution is 0.0935. The number of hydrogen-bond acceptors (Lipinski definition) is 1. The second kappa shape index (κ2) is 7.21. The Kier molecular flexibility index (Phi) is 5.48. The van der Waals surface area contributed by atoms with Crippen molar-refractivity contribution >= 4 is 5.91 Å². The average Bonchev–Trinajstić information content (AvgIpc) is 2.54. The van der Waals surface area contributed by atoms with Crippen LogP contribution < -0.4 is 5.32 Å². The van der Waals surface area contributed by atoms with E-state index in [9.17, 15) is 4.79 Å². The van der Waals surface area contributed by atoms with Crippen LogP contribution >= 0.6 is 0 Å². The molecule has 0 aliphatic rings. The summed E-state index contributed by atoms with van der Waals surface area (Å²) in [6.07, 6.45) is 0.869. The van der Waals surface area contributed by atoms with Crippen LogP contribution in [0.3, 0.4) is 0 Å². The summed E-state index contributed by atoms with van der Waals surface area (Å²) in [6, 6.07) is 14.4. The SMILES string of the molecule is CC[C@@H](NC(=O)c1ccc(C(C)(C)C)cc1)c1ccc(C)c(C)c1. The molecule has 0 aromatic heterocycles. The highest BCUT2D eigenvalue weighted by Crippen LogP contribution is 2.23. The average molecular weight is 323 g/mol. The first-order chi connectivity index (χ1) is 11.2. The molecule has 0 saturated carbocycles. The van der Waals surface area contributed by atoms with E-state index in [2.05, 4.69) is 65.1 Å². The predicted molar refractivity (Wildman–Crippen MR) is 102 cm³/mol. The molecule has 2 aromatic rings. The molecule has 0 unspecified atom stereocenters. The first-order valence-corrected chi connectivity index (χ1v) is 8.71. The molecule has 0 spiro atoms. The third-order valence-electron chi connectivity index (χ3n) is 4.66. The van der Waals surface area contributed by atoms with E-state index in [0.717, 1.165) is 6.42 Å². The highest BCUT2D eigenvalue weighted by Gasteiger charge is 2.17. The van der Waals surface area contributed by atoms with E-state index in [0.29, 0.717) is 5.56 Å². The van der Waals surface area contributed by atoms with Crippen molar-refractivity contribution in [1.29, 1.82) is 0 Å². The molecule has 2 nitrogen and oxygen atoms in total. The van der Waals surface area contributed by atoms with Crippen molar-refractivity contribution in [3.05, 3.63) is 70.3 Å². The summed E-state index contributed by atoms with van der Waals surface area (Å²) in [5.74, 6) is -0.0134. The highest BCUT2D eigenvalue weighted by atomic mass is 16.1. The zero-order valence-corrected chi connectivity index (χ0v) is 15.7. The second-order valence-electron chi connectivity index (χ2n) is 7.61. The fourth-order valence-electron chi connectivity index (χ4n) is 2.77. The molecule has 0 heterocycles. The lowest BCUT2D eigenvalue weighted by atomic mass is 9.86. The first-order valence-electron chi connectivity index (χ1n) is 8.71. The van der Waals surface area contributed by atoms with E-state index in [1.807, 2.05) is 24.3 Å². The standard InChI is InChI=1S/C22H29NO/c1-7-20(18-9-8-15(2)16(3)14-18)23-21(24)17-10-12-19(13-11-17)22(4,5)6/h8-14,20H,7H2,1-6H3,(H,23,24)/t20-/m1/s1. The maximum atomic E-state index is 12.6. The van der Waals surface area contributed by atoms with Crippen LogP contribution in [0.1, 0.15) is 72.8 Å². The quantitative estimate of drug-likeness (QED) is 0.793. The molecule has 0 aliphatic carbocycles. The van der Waals surface area contributed by atoms with Crippen molar-refractivity contribution in [2.24, 2.45) is 0 Å². The summed E-state index contributed by atoms with van der Waals surface area (Å²) in [5, 5.41) is 3.17. The van der Waals surface area contributed by atoms with Gasteiger partial charge >= 0.3 is 0 Å². The monoisotopic (exact) mass is 323 g/mol. The van der Waals surface area contributed by atoms with Crippen LogP contribution in [0.2, 0.25) is 0 Å². The minimum Gasteiger partial charge on any atom is -0.345 e. The van der Waals surface area contributed by atoms with Gasteiger partial charge in [-0.1, -0.05) is 58.0 Å². The van der Waals surface area contributed by atoms with Crippen molar-refractivity contribution in [2.45, 2.75) is 59.4 Å². The van der Waals surface area contributed by atoms with Crippen LogP contribution in [0.4, 0.5) is 0 Å². The normalized spacial score (nSPS) is 12.8. The zero-order chi connectivity index (χ0) is 17.9. The van der Waals surface area contributed by atoms with E-state index in [-0.39, 0.29) is 17.4 Å². The van der Waals surface area contributed by atoms with Gasteiger partial charge in [0.1, 0.15) is 0 Å². The molecule has 2 aromatic carbocycles. The van der Waals surface area contributed by atoms with E-state index >= 15 is 0 Å². The van der Waals surface area contributed by atoms with Gasteiger partial charge in [-0.25, -0.2) is 0 Å². The number of carbonyl (C=O) groups is 1. The van der Waals surface area contributed by atoms with Gasteiger partial charge in [-0.2, -0.15) is 0 Å². The van der Waals surface area contributed by atoms with Crippen LogP contribution in [0.5, 0.6) is 0 Å². The number of carbonyl (C=O) groups excluding carboxylic acids is 1. The van der Waals surface area contributed by atoms with Crippen LogP contribution in [0, 0.1) is 13.8 Å². The fourth-order valence-corrected chi connectivity index (χ4v) is 2.77. The Morgan fingerprint density at radius 3 is 2.12 bits per heavy atom. The minimum atomic E-state index is -0.0134. The molecule has 1 amide bonds. The Hall–Kier alpha value is -2.09. The van der Waals surface area contributed by atoms with E-state index in [1.54, 1.807) is 0 Å². The molecule has 1 N–H and O–H groups in total. The molecule has 0 aliphatic heterocycles. The van der Waals surface area contributed by atoms with E-state index < -0.39 is 0 Å². The van der Waals surface area contributed by atoms with Gasteiger partial charge in [0.25, 0.3) is 5.91 Å². The van der Waals surface area contributed by atoms with Crippen molar-refractivity contribution in [2.75, 3.05) is 0 Å². The van der Waals surface area contributed by atoms with Gasteiger partial charge in [0.05, 0.1) is 6.04 Å². The molecular weight excluding hydrogens is 294 g/mol. The zero-order valence-electron chi connectivity index (χ0n) is 15.7. The number of hydrogen-bond donors (Lipinski definition) is 1. The summed E-state index contributed by atoms with van der Waals surface area (Å²) in [4.78, 5) is 12.6. The Balaban J connectivity index is 2.15. The van der Waals surface area contributed by atoms with Gasteiger partial charge in [-0.15, -0.1) is 0 Å². The number of aryl methyl sites for hydroxylation is 2. The Morgan fingerprint density at radius 2 is 1.62 bits per heavy atom.